The van der Waals surface area contributed by atoms with Gasteiger partial charge in [0.1, 0.15) is 5.75 Å². The van der Waals surface area contributed by atoms with E-state index in [9.17, 15) is 14.9 Å². The normalized spacial score (nSPS) is 10.4. The lowest BCUT2D eigenvalue weighted by Crippen LogP contribution is -2.05. The van der Waals surface area contributed by atoms with Crippen LogP contribution in [0.4, 0.5) is 0 Å². The molecule has 0 spiro atoms. The number of hydrogen-bond donors (Lipinski definition) is 1. The van der Waals surface area contributed by atoms with Gasteiger partial charge >= 0.3 is 5.97 Å². The lowest BCUT2D eigenvalue weighted by atomic mass is 10.2. The predicted molar refractivity (Wildman–Crippen MR) is 70.3 cm³/mol. The molecule has 0 radical (unpaired) electrons. The molecule has 7 heteroatoms. The van der Waals surface area contributed by atoms with Gasteiger partial charge in [0.25, 0.3) is 5.09 Å². The molecule has 1 rings (SSSR count). The first-order valence-electron chi connectivity index (χ1n) is 5.99. The molecule has 0 aromatic heterocycles. The zero-order chi connectivity index (χ0) is 14.8. The van der Waals surface area contributed by atoms with E-state index in [1.165, 1.54) is 18.2 Å². The summed E-state index contributed by atoms with van der Waals surface area (Å²) in [5.41, 5.74) is 0.763. The van der Waals surface area contributed by atoms with Crippen molar-refractivity contribution in [2.24, 2.45) is 0 Å². The summed E-state index contributed by atoms with van der Waals surface area (Å²) < 4.78 is 4.89. The van der Waals surface area contributed by atoms with Gasteiger partial charge in [0.15, 0.2) is 0 Å². The van der Waals surface area contributed by atoms with Crippen LogP contribution in [0.15, 0.2) is 30.3 Å². The Bertz CT molecular complexity index is 468. The second-order valence-corrected chi connectivity index (χ2v) is 3.86. The van der Waals surface area contributed by atoms with Crippen molar-refractivity contribution in [1.82, 2.24) is 0 Å². The minimum Gasteiger partial charge on any atom is -0.508 e. The smallest absolute Gasteiger partial charge is 0.330 e. The minimum absolute atomic E-state index is 0.00605. The standard InChI is InChI=1S/C13H15NO6/c15-12-6-3-11(4-7-12)5-8-13(16)19-9-1-2-10-20-14(17)18/h3-8,15H,1-2,9-10H2. The molecule has 7 nitrogen and oxygen atoms in total. The third kappa shape index (κ3) is 7.00. The van der Waals surface area contributed by atoms with Gasteiger partial charge in [0.05, 0.1) is 13.2 Å². The average molecular weight is 281 g/mol. The number of phenols is 1. The summed E-state index contributed by atoms with van der Waals surface area (Å²) >= 11 is 0. The van der Waals surface area contributed by atoms with Crippen molar-refractivity contribution in [3.8, 4) is 5.75 Å². The summed E-state index contributed by atoms with van der Waals surface area (Å²) in [5, 5.41) is 18.1. The van der Waals surface area contributed by atoms with E-state index in [1.807, 2.05) is 0 Å². The van der Waals surface area contributed by atoms with E-state index >= 15 is 0 Å². The van der Waals surface area contributed by atoms with E-state index in [4.69, 9.17) is 9.84 Å². The van der Waals surface area contributed by atoms with Crippen LogP contribution in [0.2, 0.25) is 0 Å². The number of hydrogen-bond acceptors (Lipinski definition) is 6. The Morgan fingerprint density at radius 3 is 2.55 bits per heavy atom. The summed E-state index contributed by atoms with van der Waals surface area (Å²) in [6, 6.07) is 6.35. The molecule has 0 heterocycles. The topological polar surface area (TPSA) is 98.9 Å². The maximum absolute atomic E-state index is 11.3. The van der Waals surface area contributed by atoms with Crippen LogP contribution in [0.25, 0.3) is 6.08 Å². The first kappa shape index (κ1) is 15.5. The molecule has 0 aliphatic carbocycles. The average Bonchev–Trinajstić information content (AvgIpc) is 2.41. The van der Waals surface area contributed by atoms with Crippen LogP contribution in [0.5, 0.6) is 5.75 Å². The highest BCUT2D eigenvalue weighted by Gasteiger charge is 1.98. The molecule has 0 aliphatic heterocycles. The van der Waals surface area contributed by atoms with E-state index in [2.05, 4.69) is 4.84 Å². The number of benzene rings is 1. The summed E-state index contributed by atoms with van der Waals surface area (Å²) in [7, 11) is 0. The Morgan fingerprint density at radius 2 is 1.90 bits per heavy atom. The van der Waals surface area contributed by atoms with Crippen molar-refractivity contribution in [2.45, 2.75) is 12.8 Å². The zero-order valence-electron chi connectivity index (χ0n) is 10.7. The van der Waals surface area contributed by atoms with Crippen molar-refractivity contribution in [2.75, 3.05) is 13.2 Å². The molecule has 0 amide bonds. The third-order valence-corrected chi connectivity index (χ3v) is 2.28. The third-order valence-electron chi connectivity index (χ3n) is 2.28. The van der Waals surface area contributed by atoms with Gasteiger partial charge in [-0.2, -0.15) is 0 Å². The number of carbonyl (C=O) groups excluding carboxylic acids is 1. The lowest BCUT2D eigenvalue weighted by molar-refractivity contribution is -0.757. The van der Waals surface area contributed by atoms with Crippen molar-refractivity contribution in [3.63, 3.8) is 0 Å². The van der Waals surface area contributed by atoms with E-state index in [-0.39, 0.29) is 19.0 Å². The van der Waals surface area contributed by atoms with E-state index in [1.54, 1.807) is 18.2 Å². The SMILES string of the molecule is O=C(C=Cc1ccc(O)cc1)OCCCCO[N+](=O)[O-]. The largest absolute Gasteiger partial charge is 0.508 e. The highest BCUT2D eigenvalue weighted by molar-refractivity contribution is 5.87. The molecule has 20 heavy (non-hydrogen) atoms. The predicted octanol–water partition coefficient (Wildman–Crippen LogP) is 1.94. The number of rotatable bonds is 8. The monoisotopic (exact) mass is 281 g/mol. The van der Waals surface area contributed by atoms with Crippen LogP contribution in [0.1, 0.15) is 18.4 Å². The second kappa shape index (κ2) is 8.52. The fourth-order valence-electron chi connectivity index (χ4n) is 1.31. The van der Waals surface area contributed by atoms with Crippen LogP contribution < -0.4 is 0 Å². The van der Waals surface area contributed by atoms with Crippen molar-refractivity contribution >= 4 is 12.0 Å². The van der Waals surface area contributed by atoms with Gasteiger partial charge in [-0.3, -0.25) is 0 Å². The molecule has 0 saturated heterocycles. The molecule has 0 fully saturated rings. The van der Waals surface area contributed by atoms with Crippen LogP contribution in [0, 0.1) is 10.1 Å². The Kier molecular flexibility index (Phi) is 6.60. The molecule has 1 N–H and O–H groups in total. The van der Waals surface area contributed by atoms with E-state index in [0.717, 1.165) is 5.56 Å². The molecule has 1 aromatic rings. The second-order valence-electron chi connectivity index (χ2n) is 3.86. The molecular weight excluding hydrogens is 266 g/mol. The number of carbonyl (C=O) groups is 1. The summed E-state index contributed by atoms with van der Waals surface area (Å²) in [5.74, 6) is -0.338. The van der Waals surface area contributed by atoms with Crippen LogP contribution >= 0.6 is 0 Å². The molecule has 0 unspecified atom stereocenters. The van der Waals surface area contributed by atoms with Crippen molar-refractivity contribution in [3.05, 3.63) is 46.0 Å². The van der Waals surface area contributed by atoms with Crippen molar-refractivity contribution in [1.29, 1.82) is 0 Å². The highest BCUT2D eigenvalue weighted by Crippen LogP contribution is 2.10. The first-order chi connectivity index (χ1) is 9.58. The molecule has 1 aromatic carbocycles. The van der Waals surface area contributed by atoms with E-state index < -0.39 is 11.1 Å². The van der Waals surface area contributed by atoms with Crippen molar-refractivity contribution < 1.29 is 24.6 Å². The lowest BCUT2D eigenvalue weighted by Gasteiger charge is -2.01. The Labute approximate surface area is 115 Å². The van der Waals surface area contributed by atoms with Gasteiger partial charge in [-0.15, -0.1) is 10.1 Å². The number of nitrogens with zero attached hydrogens (tertiary/aromatic N) is 1. The number of ether oxygens (including phenoxy) is 1. The van der Waals surface area contributed by atoms with Crippen LogP contribution in [-0.4, -0.2) is 29.4 Å². The first-order valence-corrected chi connectivity index (χ1v) is 5.99. The Hall–Kier alpha value is -2.57. The molecule has 0 aliphatic rings. The fraction of sp³-hybridized carbons (Fsp3) is 0.308. The molecule has 0 atom stereocenters. The number of esters is 1. The van der Waals surface area contributed by atoms with Crippen LogP contribution in [-0.2, 0) is 14.4 Å². The molecule has 0 bridgehead atoms. The fourth-order valence-corrected chi connectivity index (χ4v) is 1.31. The molecule has 108 valence electrons. The van der Waals surface area contributed by atoms with Gasteiger partial charge in [0.2, 0.25) is 0 Å². The van der Waals surface area contributed by atoms with Crippen LogP contribution in [0.3, 0.4) is 0 Å². The zero-order valence-corrected chi connectivity index (χ0v) is 10.7. The van der Waals surface area contributed by atoms with E-state index in [0.29, 0.717) is 12.8 Å². The van der Waals surface area contributed by atoms with Gasteiger partial charge in [-0.1, -0.05) is 12.1 Å². The quantitative estimate of drug-likeness (QED) is 0.257. The highest BCUT2D eigenvalue weighted by atomic mass is 16.9. The summed E-state index contributed by atoms with van der Waals surface area (Å²) in [6.45, 7) is 0.174. The molecular formula is C13H15NO6. The minimum atomic E-state index is -0.855. The number of unbranched alkanes of at least 4 members (excludes halogenated alkanes) is 1. The Balaban J connectivity index is 2.17. The van der Waals surface area contributed by atoms with Gasteiger partial charge in [-0.05, 0) is 36.6 Å². The van der Waals surface area contributed by atoms with Gasteiger partial charge < -0.3 is 14.7 Å². The number of aromatic hydroxyl groups is 1. The summed E-state index contributed by atoms with van der Waals surface area (Å²) in [6.07, 6.45) is 3.78. The number of phenolic OH excluding ortho intramolecular Hbond substituents is 1. The van der Waals surface area contributed by atoms with Gasteiger partial charge in [-0.25, -0.2) is 4.79 Å². The summed E-state index contributed by atoms with van der Waals surface area (Å²) in [4.78, 5) is 25.3. The molecule has 0 saturated carbocycles. The van der Waals surface area contributed by atoms with Gasteiger partial charge in [0, 0.05) is 6.08 Å². The maximum atomic E-state index is 11.3. The Morgan fingerprint density at radius 1 is 1.25 bits per heavy atom. The maximum Gasteiger partial charge on any atom is 0.330 e.